The van der Waals surface area contributed by atoms with Gasteiger partial charge in [-0.15, -0.1) is 0 Å². The van der Waals surface area contributed by atoms with Gasteiger partial charge in [0.15, 0.2) is 5.54 Å². The van der Waals surface area contributed by atoms with Crippen LogP contribution in [0.5, 0.6) is 0 Å². The van der Waals surface area contributed by atoms with Crippen LogP contribution >= 0.6 is 0 Å². The number of aliphatic hydroxyl groups is 1. The number of amides is 1. The maximum Gasteiger partial charge on any atom is 0.415 e. The molecular formula is C13H24F3N3O2. The Bertz CT molecular complexity index is 372. The Balaban J connectivity index is 2.62. The molecule has 1 fully saturated rings. The summed E-state index contributed by atoms with van der Waals surface area (Å²) in [5.41, 5.74) is -2.70. The van der Waals surface area contributed by atoms with Crippen LogP contribution in [0, 0.1) is 0 Å². The predicted molar refractivity (Wildman–Crippen MR) is 72.8 cm³/mol. The molecule has 124 valence electrons. The lowest BCUT2D eigenvalue weighted by atomic mass is 9.99. The fourth-order valence-electron chi connectivity index (χ4n) is 2.13. The van der Waals surface area contributed by atoms with Crippen molar-refractivity contribution in [2.75, 3.05) is 34.2 Å². The molecule has 0 heterocycles. The number of rotatable bonds is 7. The number of likely N-dealkylation sites (N-methyl/N-ethyl adjacent to an activating group) is 2. The number of nitrogens with one attached hydrogen (secondary N) is 1. The van der Waals surface area contributed by atoms with E-state index in [2.05, 4.69) is 5.32 Å². The van der Waals surface area contributed by atoms with Crippen LogP contribution in [0.1, 0.15) is 19.8 Å². The lowest BCUT2D eigenvalue weighted by molar-refractivity contribution is -0.201. The van der Waals surface area contributed by atoms with Gasteiger partial charge in [-0.3, -0.25) is 10.1 Å². The van der Waals surface area contributed by atoms with Crippen LogP contribution in [-0.4, -0.2) is 78.9 Å². The van der Waals surface area contributed by atoms with Gasteiger partial charge in [-0.1, -0.05) is 0 Å². The van der Waals surface area contributed by atoms with Gasteiger partial charge in [0.05, 0.1) is 6.10 Å². The molecule has 1 aliphatic carbocycles. The van der Waals surface area contributed by atoms with E-state index in [1.54, 1.807) is 0 Å². The molecule has 1 rings (SSSR count). The van der Waals surface area contributed by atoms with E-state index in [0.717, 1.165) is 24.7 Å². The van der Waals surface area contributed by atoms with E-state index < -0.39 is 23.7 Å². The Kier molecular flexibility index (Phi) is 5.63. The monoisotopic (exact) mass is 311 g/mol. The summed E-state index contributed by atoms with van der Waals surface area (Å²) in [4.78, 5) is 14.6. The number of carbonyl (C=O) groups is 1. The van der Waals surface area contributed by atoms with Crippen LogP contribution in [-0.2, 0) is 4.79 Å². The molecule has 2 N–H and O–H groups in total. The molecule has 2 unspecified atom stereocenters. The van der Waals surface area contributed by atoms with Gasteiger partial charge in [-0.25, -0.2) is 0 Å². The summed E-state index contributed by atoms with van der Waals surface area (Å²) in [5, 5.41) is 12.0. The summed E-state index contributed by atoms with van der Waals surface area (Å²) in [6.45, 7) is 0.779. The molecular weight excluding hydrogens is 287 g/mol. The summed E-state index contributed by atoms with van der Waals surface area (Å²) in [5.74, 6) is -1.09. The quantitative estimate of drug-likeness (QED) is 0.716. The van der Waals surface area contributed by atoms with Crippen LogP contribution in [0.25, 0.3) is 0 Å². The van der Waals surface area contributed by atoms with Gasteiger partial charge in [-0.05, 0) is 26.8 Å². The lowest BCUT2D eigenvalue weighted by Gasteiger charge is -2.35. The first-order valence-corrected chi connectivity index (χ1v) is 6.91. The zero-order valence-electron chi connectivity index (χ0n) is 12.9. The number of hydrogen-bond donors (Lipinski definition) is 2. The summed E-state index contributed by atoms with van der Waals surface area (Å²) >= 11 is 0. The molecule has 1 aliphatic rings. The topological polar surface area (TPSA) is 55.8 Å². The van der Waals surface area contributed by atoms with E-state index in [0.29, 0.717) is 6.04 Å². The van der Waals surface area contributed by atoms with Crippen LogP contribution in [0.4, 0.5) is 13.2 Å². The smallest absolute Gasteiger partial charge is 0.390 e. The molecule has 0 aromatic rings. The van der Waals surface area contributed by atoms with Crippen LogP contribution < -0.4 is 5.32 Å². The largest absolute Gasteiger partial charge is 0.415 e. The first-order chi connectivity index (χ1) is 9.49. The SMILES string of the molecule is CN(C)C(=O)C(C)(NCC(O)CN(C)C1CC1)C(F)(F)F. The molecule has 5 nitrogen and oxygen atoms in total. The molecule has 0 radical (unpaired) electrons. The van der Waals surface area contributed by atoms with Crippen LogP contribution in [0.15, 0.2) is 0 Å². The van der Waals surface area contributed by atoms with E-state index in [1.807, 2.05) is 11.9 Å². The summed E-state index contributed by atoms with van der Waals surface area (Å²) in [6, 6.07) is 0.414. The van der Waals surface area contributed by atoms with E-state index in [-0.39, 0.29) is 13.1 Å². The Morgan fingerprint density at radius 3 is 2.24 bits per heavy atom. The molecule has 21 heavy (non-hydrogen) atoms. The van der Waals surface area contributed by atoms with E-state index in [9.17, 15) is 23.1 Å². The van der Waals surface area contributed by atoms with Crippen molar-refractivity contribution in [1.29, 1.82) is 0 Å². The fraction of sp³-hybridized carbons (Fsp3) is 0.923. The van der Waals surface area contributed by atoms with E-state index in [1.165, 1.54) is 14.1 Å². The molecule has 0 spiro atoms. The Morgan fingerprint density at radius 1 is 1.33 bits per heavy atom. The minimum atomic E-state index is -4.74. The van der Waals surface area contributed by atoms with Crippen molar-refractivity contribution in [3.05, 3.63) is 0 Å². The van der Waals surface area contributed by atoms with Crippen molar-refractivity contribution < 1.29 is 23.1 Å². The highest BCUT2D eigenvalue weighted by molar-refractivity contribution is 5.86. The second-order valence-electron chi connectivity index (χ2n) is 6.03. The second kappa shape index (κ2) is 6.50. The van der Waals surface area contributed by atoms with E-state index >= 15 is 0 Å². The zero-order chi connectivity index (χ0) is 16.4. The standard InChI is InChI=1S/C13H24F3N3O2/c1-12(13(14,15)16,11(21)18(2)3)17-7-10(20)8-19(4)9-5-6-9/h9-10,17,20H,5-8H2,1-4H3. The molecule has 0 aliphatic heterocycles. The first kappa shape index (κ1) is 18.2. The Hall–Kier alpha value is -0.860. The van der Waals surface area contributed by atoms with Gasteiger partial charge in [0.25, 0.3) is 5.91 Å². The molecule has 0 aromatic carbocycles. The zero-order valence-corrected chi connectivity index (χ0v) is 12.9. The van der Waals surface area contributed by atoms with Crippen molar-refractivity contribution in [1.82, 2.24) is 15.1 Å². The highest BCUT2D eigenvalue weighted by atomic mass is 19.4. The number of β-amino-alcohol motifs (C(OH)–C–C–N with tert-alkyl or cyclic N) is 1. The first-order valence-electron chi connectivity index (χ1n) is 6.91. The highest BCUT2D eigenvalue weighted by Crippen LogP contribution is 2.31. The summed E-state index contributed by atoms with van der Waals surface area (Å²) < 4.78 is 39.5. The minimum absolute atomic E-state index is 0.280. The minimum Gasteiger partial charge on any atom is -0.390 e. The molecule has 0 bridgehead atoms. The van der Waals surface area contributed by atoms with Gasteiger partial charge in [-0.2, -0.15) is 13.2 Å². The lowest BCUT2D eigenvalue weighted by Crippen LogP contribution is -2.64. The number of nitrogens with zero attached hydrogens (tertiary/aromatic N) is 2. The van der Waals surface area contributed by atoms with Crippen LogP contribution in [0.2, 0.25) is 0 Å². The van der Waals surface area contributed by atoms with Gasteiger partial charge < -0.3 is 14.9 Å². The van der Waals surface area contributed by atoms with Crippen molar-refractivity contribution in [2.45, 2.75) is 43.6 Å². The Labute approximate surface area is 123 Å². The number of hydrogen-bond acceptors (Lipinski definition) is 4. The molecule has 1 saturated carbocycles. The van der Waals surface area contributed by atoms with Gasteiger partial charge in [0.1, 0.15) is 0 Å². The molecule has 0 aromatic heterocycles. The molecule has 0 saturated heterocycles. The van der Waals surface area contributed by atoms with Crippen molar-refractivity contribution in [3.8, 4) is 0 Å². The second-order valence-corrected chi connectivity index (χ2v) is 6.03. The number of aliphatic hydroxyl groups excluding tert-OH is 1. The highest BCUT2D eigenvalue weighted by Gasteiger charge is 2.57. The van der Waals surface area contributed by atoms with Crippen molar-refractivity contribution in [2.24, 2.45) is 0 Å². The third-order valence-electron chi connectivity index (χ3n) is 3.76. The van der Waals surface area contributed by atoms with Gasteiger partial charge in [0, 0.05) is 33.2 Å². The van der Waals surface area contributed by atoms with Gasteiger partial charge >= 0.3 is 6.18 Å². The summed E-state index contributed by atoms with van der Waals surface area (Å²) in [7, 11) is 4.37. The normalized spacial score (nSPS) is 20.2. The average Bonchev–Trinajstić information content (AvgIpc) is 3.17. The molecule has 2 atom stereocenters. The Morgan fingerprint density at radius 2 is 1.86 bits per heavy atom. The third kappa shape index (κ3) is 4.55. The van der Waals surface area contributed by atoms with Crippen molar-refractivity contribution >= 4 is 5.91 Å². The molecule has 8 heteroatoms. The predicted octanol–water partition coefficient (Wildman–Crippen LogP) is 0.440. The maximum atomic E-state index is 13.2. The number of carbonyl (C=O) groups excluding carboxylic acids is 1. The number of alkyl halides is 3. The fourth-order valence-corrected chi connectivity index (χ4v) is 2.13. The van der Waals surface area contributed by atoms with Gasteiger partial charge in [0.2, 0.25) is 0 Å². The summed E-state index contributed by atoms with van der Waals surface area (Å²) in [6.07, 6.45) is -3.60. The average molecular weight is 311 g/mol. The van der Waals surface area contributed by atoms with Crippen LogP contribution in [0.3, 0.4) is 0 Å². The third-order valence-corrected chi connectivity index (χ3v) is 3.76. The molecule has 1 amide bonds. The van der Waals surface area contributed by atoms with Crippen molar-refractivity contribution in [3.63, 3.8) is 0 Å². The maximum absolute atomic E-state index is 13.2. The van der Waals surface area contributed by atoms with E-state index in [4.69, 9.17) is 0 Å². The number of halogens is 3.